The molecular formula is C21H10F5NO3. The number of rotatable bonds is 4. The normalized spacial score (nSPS) is 14.0. The van der Waals surface area contributed by atoms with E-state index in [0.717, 1.165) is 0 Å². The van der Waals surface area contributed by atoms with Crippen molar-refractivity contribution in [2.45, 2.75) is 6.61 Å². The van der Waals surface area contributed by atoms with Crippen molar-refractivity contribution in [2.75, 3.05) is 0 Å². The van der Waals surface area contributed by atoms with Crippen LogP contribution in [0.25, 0.3) is 6.08 Å². The first-order valence-electron chi connectivity index (χ1n) is 8.48. The van der Waals surface area contributed by atoms with E-state index in [1.54, 1.807) is 24.5 Å². The van der Waals surface area contributed by atoms with Crippen LogP contribution in [0.5, 0.6) is 11.5 Å². The third kappa shape index (κ3) is 3.38. The van der Waals surface area contributed by atoms with Crippen LogP contribution in [0, 0.1) is 29.1 Å². The Bertz CT molecular complexity index is 1170. The average molecular weight is 419 g/mol. The zero-order chi connectivity index (χ0) is 21.4. The fourth-order valence-corrected chi connectivity index (χ4v) is 2.80. The Hall–Kier alpha value is -3.75. The first-order chi connectivity index (χ1) is 14.4. The van der Waals surface area contributed by atoms with Crippen LogP contribution in [0.2, 0.25) is 0 Å². The Kier molecular flexibility index (Phi) is 4.94. The van der Waals surface area contributed by atoms with Crippen molar-refractivity contribution in [3.05, 3.63) is 94.3 Å². The van der Waals surface area contributed by atoms with E-state index in [1.165, 1.54) is 24.3 Å². The number of aromatic nitrogens is 1. The SMILES string of the molecule is O=C1/C(=C/c2ccncc2)Oc2cc(OCc3c(F)c(F)c(F)c(F)c3F)ccc21. The summed E-state index contributed by atoms with van der Waals surface area (Å²) in [6, 6.07) is 7.32. The van der Waals surface area contributed by atoms with Gasteiger partial charge in [0.1, 0.15) is 18.1 Å². The smallest absolute Gasteiger partial charge is 0.231 e. The van der Waals surface area contributed by atoms with Crippen LogP contribution >= 0.6 is 0 Å². The molecule has 1 aliphatic rings. The highest BCUT2D eigenvalue weighted by molar-refractivity contribution is 6.14. The molecule has 1 aliphatic heterocycles. The lowest BCUT2D eigenvalue weighted by Crippen LogP contribution is -2.09. The summed E-state index contributed by atoms with van der Waals surface area (Å²) in [5.74, 6) is -10.5. The second kappa shape index (κ2) is 7.58. The van der Waals surface area contributed by atoms with Gasteiger partial charge in [-0.3, -0.25) is 9.78 Å². The molecule has 0 saturated heterocycles. The van der Waals surface area contributed by atoms with E-state index in [9.17, 15) is 26.7 Å². The maximum absolute atomic E-state index is 13.8. The molecule has 9 heteroatoms. The molecule has 0 fully saturated rings. The standard InChI is InChI=1S/C21H10F5NO3/c22-16-13(17(23)19(25)20(26)18(16)24)9-29-11-1-2-12-14(8-11)30-15(21(12)28)7-10-3-5-27-6-4-10/h1-8H,9H2/b15-7-. The number of hydrogen-bond donors (Lipinski definition) is 0. The number of carbonyl (C=O) groups excluding carboxylic acids is 1. The molecule has 0 unspecified atom stereocenters. The van der Waals surface area contributed by atoms with Crippen LogP contribution in [-0.2, 0) is 6.61 Å². The Morgan fingerprint density at radius 2 is 1.53 bits per heavy atom. The highest BCUT2D eigenvalue weighted by Gasteiger charge is 2.29. The number of ketones is 1. The summed E-state index contributed by atoms with van der Waals surface area (Å²) >= 11 is 0. The van der Waals surface area contributed by atoms with Crippen LogP contribution in [0.1, 0.15) is 21.5 Å². The maximum Gasteiger partial charge on any atom is 0.231 e. The van der Waals surface area contributed by atoms with Crippen LogP contribution in [0.3, 0.4) is 0 Å². The lowest BCUT2D eigenvalue weighted by molar-refractivity contribution is 0.101. The van der Waals surface area contributed by atoms with Gasteiger partial charge in [-0.1, -0.05) is 0 Å². The lowest BCUT2D eigenvalue weighted by atomic mass is 10.1. The monoisotopic (exact) mass is 419 g/mol. The van der Waals surface area contributed by atoms with Gasteiger partial charge in [-0.05, 0) is 35.9 Å². The topological polar surface area (TPSA) is 48.4 Å². The van der Waals surface area contributed by atoms with Crippen LogP contribution in [0.15, 0.2) is 48.5 Å². The minimum Gasteiger partial charge on any atom is -0.489 e. The third-order valence-corrected chi connectivity index (χ3v) is 4.33. The maximum atomic E-state index is 13.8. The molecular weight excluding hydrogens is 409 g/mol. The number of benzene rings is 2. The van der Waals surface area contributed by atoms with Crippen molar-refractivity contribution in [2.24, 2.45) is 0 Å². The molecule has 152 valence electrons. The number of nitrogens with zero attached hydrogens (tertiary/aromatic N) is 1. The minimum atomic E-state index is -2.24. The molecule has 30 heavy (non-hydrogen) atoms. The third-order valence-electron chi connectivity index (χ3n) is 4.33. The van der Waals surface area contributed by atoms with Crippen molar-refractivity contribution in [3.8, 4) is 11.5 Å². The molecule has 0 spiro atoms. The first-order valence-corrected chi connectivity index (χ1v) is 8.48. The Morgan fingerprint density at radius 1 is 0.900 bits per heavy atom. The van der Waals surface area contributed by atoms with Gasteiger partial charge in [0.05, 0.1) is 11.1 Å². The molecule has 4 nitrogen and oxygen atoms in total. The van der Waals surface area contributed by atoms with E-state index >= 15 is 0 Å². The number of carbonyl (C=O) groups is 1. The molecule has 1 aromatic heterocycles. The zero-order valence-electron chi connectivity index (χ0n) is 14.9. The van der Waals surface area contributed by atoms with Gasteiger partial charge in [0.15, 0.2) is 29.0 Å². The van der Waals surface area contributed by atoms with Crippen LogP contribution in [-0.4, -0.2) is 10.8 Å². The van der Waals surface area contributed by atoms with Crippen molar-refractivity contribution < 1.29 is 36.2 Å². The molecule has 4 rings (SSSR count). The van der Waals surface area contributed by atoms with E-state index in [4.69, 9.17) is 9.47 Å². The number of hydrogen-bond acceptors (Lipinski definition) is 4. The van der Waals surface area contributed by atoms with Crippen molar-refractivity contribution in [3.63, 3.8) is 0 Å². The van der Waals surface area contributed by atoms with E-state index in [0.29, 0.717) is 5.56 Å². The molecule has 0 N–H and O–H groups in total. The Morgan fingerprint density at radius 3 is 2.20 bits per heavy atom. The van der Waals surface area contributed by atoms with Gasteiger partial charge in [0.2, 0.25) is 11.6 Å². The Balaban J connectivity index is 1.56. The summed E-state index contributed by atoms with van der Waals surface area (Å²) in [5.41, 5.74) is -0.190. The number of fused-ring (bicyclic) bond motifs is 1. The van der Waals surface area contributed by atoms with Gasteiger partial charge in [0, 0.05) is 18.5 Å². The highest BCUT2D eigenvalue weighted by atomic mass is 19.2. The van der Waals surface area contributed by atoms with E-state index in [1.807, 2.05) is 0 Å². The number of Topliss-reactive ketones (excluding diaryl/α,β-unsaturated/α-hetero) is 1. The summed E-state index contributed by atoms with van der Waals surface area (Å²) in [7, 11) is 0. The van der Waals surface area contributed by atoms with Gasteiger partial charge >= 0.3 is 0 Å². The number of allylic oxidation sites excluding steroid dienone is 1. The molecule has 0 amide bonds. The average Bonchev–Trinajstić information content (AvgIpc) is 3.06. The van der Waals surface area contributed by atoms with Crippen LogP contribution < -0.4 is 9.47 Å². The number of halogens is 5. The lowest BCUT2D eigenvalue weighted by Gasteiger charge is -2.10. The second-order valence-electron chi connectivity index (χ2n) is 6.22. The first kappa shape index (κ1) is 19.6. The summed E-state index contributed by atoms with van der Waals surface area (Å²) in [6.45, 7) is -0.918. The summed E-state index contributed by atoms with van der Waals surface area (Å²) < 4.78 is 77.9. The molecule has 2 heterocycles. The fourth-order valence-electron chi connectivity index (χ4n) is 2.80. The number of ether oxygens (including phenoxy) is 2. The highest BCUT2D eigenvalue weighted by Crippen LogP contribution is 2.35. The minimum absolute atomic E-state index is 0.00986. The second-order valence-corrected chi connectivity index (χ2v) is 6.22. The quantitative estimate of drug-likeness (QED) is 0.259. The largest absolute Gasteiger partial charge is 0.489 e. The van der Waals surface area contributed by atoms with Gasteiger partial charge in [0.25, 0.3) is 0 Å². The zero-order valence-corrected chi connectivity index (χ0v) is 14.9. The van der Waals surface area contributed by atoms with Gasteiger partial charge in [-0.15, -0.1) is 0 Å². The molecule has 0 radical (unpaired) electrons. The van der Waals surface area contributed by atoms with Crippen molar-refractivity contribution >= 4 is 11.9 Å². The van der Waals surface area contributed by atoms with Gasteiger partial charge < -0.3 is 9.47 Å². The summed E-state index contributed by atoms with van der Waals surface area (Å²) in [6.07, 6.45) is 4.61. The molecule has 0 aliphatic carbocycles. The molecule has 0 atom stereocenters. The molecule has 0 saturated carbocycles. The molecule has 3 aromatic rings. The van der Waals surface area contributed by atoms with E-state index < -0.39 is 41.3 Å². The van der Waals surface area contributed by atoms with E-state index in [-0.39, 0.29) is 28.6 Å². The van der Waals surface area contributed by atoms with E-state index in [2.05, 4.69) is 4.98 Å². The predicted octanol–water partition coefficient (Wildman–Crippen LogP) is 4.97. The molecule has 0 bridgehead atoms. The predicted molar refractivity (Wildman–Crippen MR) is 94.2 cm³/mol. The van der Waals surface area contributed by atoms with Crippen LogP contribution in [0.4, 0.5) is 22.0 Å². The molecule has 2 aromatic carbocycles. The van der Waals surface area contributed by atoms with Crippen molar-refractivity contribution in [1.29, 1.82) is 0 Å². The Labute approximate surface area is 166 Å². The number of pyridine rings is 1. The van der Waals surface area contributed by atoms with Crippen molar-refractivity contribution in [1.82, 2.24) is 4.98 Å². The summed E-state index contributed by atoms with van der Waals surface area (Å²) in [5, 5.41) is 0. The van der Waals surface area contributed by atoms with Gasteiger partial charge in [-0.25, -0.2) is 22.0 Å². The fraction of sp³-hybridized carbons (Fsp3) is 0.0476. The van der Waals surface area contributed by atoms with Gasteiger partial charge in [-0.2, -0.15) is 0 Å². The summed E-state index contributed by atoms with van der Waals surface area (Å²) in [4.78, 5) is 16.3.